The van der Waals surface area contributed by atoms with Crippen LogP contribution in [0.3, 0.4) is 0 Å². The summed E-state index contributed by atoms with van der Waals surface area (Å²) in [5, 5.41) is 0.576. The van der Waals surface area contributed by atoms with Crippen molar-refractivity contribution in [2.75, 3.05) is 24.7 Å². The zero-order valence-corrected chi connectivity index (χ0v) is 17.1. The second kappa shape index (κ2) is 9.60. The van der Waals surface area contributed by atoms with Gasteiger partial charge in [-0.15, -0.1) is 0 Å². The lowest BCUT2D eigenvalue weighted by Crippen LogP contribution is -2.42. The number of unbranched alkanes of at least 4 members (excludes halogenated alkanes) is 1. The monoisotopic (exact) mass is 417 g/mol. The van der Waals surface area contributed by atoms with E-state index in [-0.39, 0.29) is 44.0 Å². The third kappa shape index (κ3) is 5.38. The van der Waals surface area contributed by atoms with E-state index >= 15 is 0 Å². The van der Waals surface area contributed by atoms with Crippen molar-refractivity contribution in [3.63, 3.8) is 0 Å². The lowest BCUT2D eigenvalue weighted by atomic mass is 10.2. The molecule has 0 atom stereocenters. The average Bonchev–Trinajstić information content (AvgIpc) is 3.36. The van der Waals surface area contributed by atoms with E-state index in [1.54, 1.807) is 36.4 Å². The summed E-state index contributed by atoms with van der Waals surface area (Å²) in [4.78, 5) is 42.3. The first-order valence-electron chi connectivity index (χ1n) is 9.61. The van der Waals surface area contributed by atoms with E-state index in [9.17, 15) is 14.4 Å². The van der Waals surface area contributed by atoms with Crippen LogP contribution in [-0.4, -0.2) is 47.3 Å². The normalized spacial score (nSPS) is 13.8. The Balaban J connectivity index is 1.66. The van der Waals surface area contributed by atoms with Gasteiger partial charge in [0.25, 0.3) is 0 Å². The van der Waals surface area contributed by atoms with Crippen LogP contribution in [0, 0.1) is 0 Å². The Morgan fingerprint density at radius 1 is 1.21 bits per heavy atom. The smallest absolute Gasteiger partial charge is 0.248 e. The van der Waals surface area contributed by atoms with Crippen LogP contribution in [0.4, 0.5) is 5.69 Å². The zero-order chi connectivity index (χ0) is 20.8. The second-order valence-corrected chi connectivity index (χ2v) is 7.40. The highest BCUT2D eigenvalue weighted by Crippen LogP contribution is 2.22. The standard InChI is InChI=1S/C21H24ClN3O4/c1-2-3-6-19(26)23(12-18-5-4-11-29-18)13-20(27)24-14-21(28)25(15-24)17-9-7-16(22)8-10-17/h4-5,7-11H,2-3,6,12-15H2,1H3. The lowest BCUT2D eigenvalue weighted by Gasteiger charge is -2.24. The molecule has 0 radical (unpaired) electrons. The molecule has 1 aliphatic rings. The Morgan fingerprint density at radius 3 is 2.62 bits per heavy atom. The molecular formula is C21H24ClN3O4. The zero-order valence-electron chi connectivity index (χ0n) is 16.3. The van der Waals surface area contributed by atoms with Gasteiger partial charge >= 0.3 is 0 Å². The summed E-state index contributed by atoms with van der Waals surface area (Å²) in [5.41, 5.74) is 0.682. The number of rotatable bonds is 8. The first-order chi connectivity index (χ1) is 14.0. The average molecular weight is 418 g/mol. The number of carbonyl (C=O) groups excluding carboxylic acids is 3. The van der Waals surface area contributed by atoms with Gasteiger partial charge in [0, 0.05) is 17.1 Å². The molecule has 0 aliphatic carbocycles. The minimum Gasteiger partial charge on any atom is -0.467 e. The number of hydrogen-bond acceptors (Lipinski definition) is 4. The van der Waals surface area contributed by atoms with Gasteiger partial charge in [-0.1, -0.05) is 24.9 Å². The van der Waals surface area contributed by atoms with Crippen LogP contribution in [-0.2, 0) is 20.9 Å². The number of amides is 3. The fourth-order valence-electron chi connectivity index (χ4n) is 3.13. The summed E-state index contributed by atoms with van der Waals surface area (Å²) in [6, 6.07) is 10.4. The highest BCUT2D eigenvalue weighted by atomic mass is 35.5. The lowest BCUT2D eigenvalue weighted by molar-refractivity contribution is -0.141. The first kappa shape index (κ1) is 20.9. The van der Waals surface area contributed by atoms with Crippen LogP contribution < -0.4 is 4.90 Å². The molecule has 0 bridgehead atoms. The van der Waals surface area contributed by atoms with Crippen molar-refractivity contribution in [1.82, 2.24) is 9.80 Å². The molecule has 1 aliphatic heterocycles. The first-order valence-corrected chi connectivity index (χ1v) is 9.99. The molecule has 1 saturated heterocycles. The van der Waals surface area contributed by atoms with Crippen molar-refractivity contribution in [3.8, 4) is 0 Å². The van der Waals surface area contributed by atoms with Crippen molar-refractivity contribution < 1.29 is 18.8 Å². The van der Waals surface area contributed by atoms with E-state index in [1.165, 1.54) is 21.0 Å². The highest BCUT2D eigenvalue weighted by Gasteiger charge is 2.33. The van der Waals surface area contributed by atoms with Gasteiger partial charge in [0.2, 0.25) is 17.7 Å². The van der Waals surface area contributed by atoms with Gasteiger partial charge in [-0.2, -0.15) is 0 Å². The van der Waals surface area contributed by atoms with Crippen LogP contribution in [0.2, 0.25) is 5.02 Å². The number of carbonyl (C=O) groups is 3. The molecule has 2 heterocycles. The Labute approximate surface area is 174 Å². The summed E-state index contributed by atoms with van der Waals surface area (Å²) in [5.74, 6) is 0.0707. The SMILES string of the molecule is CCCCC(=O)N(CC(=O)N1CC(=O)N(c2ccc(Cl)cc2)C1)Cc1ccco1. The largest absolute Gasteiger partial charge is 0.467 e. The van der Waals surface area contributed by atoms with Crippen LogP contribution in [0.25, 0.3) is 0 Å². The Kier molecular flexibility index (Phi) is 6.93. The number of nitrogens with zero attached hydrogens (tertiary/aromatic N) is 3. The molecule has 1 fully saturated rings. The molecule has 29 heavy (non-hydrogen) atoms. The summed E-state index contributed by atoms with van der Waals surface area (Å²) >= 11 is 5.90. The molecule has 0 unspecified atom stereocenters. The molecule has 0 N–H and O–H groups in total. The van der Waals surface area contributed by atoms with Crippen LogP contribution in [0.5, 0.6) is 0 Å². The van der Waals surface area contributed by atoms with Gasteiger partial charge in [0.05, 0.1) is 12.8 Å². The topological polar surface area (TPSA) is 74.1 Å². The molecule has 0 saturated carbocycles. The molecule has 3 rings (SSSR count). The Hall–Kier alpha value is -2.80. The van der Waals surface area contributed by atoms with Crippen molar-refractivity contribution >= 4 is 35.0 Å². The molecular weight excluding hydrogens is 394 g/mol. The fraction of sp³-hybridized carbons (Fsp3) is 0.381. The maximum Gasteiger partial charge on any atom is 0.248 e. The van der Waals surface area contributed by atoms with Crippen molar-refractivity contribution in [2.24, 2.45) is 0 Å². The van der Waals surface area contributed by atoms with E-state index in [0.29, 0.717) is 22.9 Å². The third-order valence-electron chi connectivity index (χ3n) is 4.78. The molecule has 2 aromatic rings. The Bertz CT molecular complexity index is 851. The van der Waals surface area contributed by atoms with E-state index in [0.717, 1.165) is 12.8 Å². The van der Waals surface area contributed by atoms with Crippen LogP contribution in [0.1, 0.15) is 31.9 Å². The summed E-state index contributed by atoms with van der Waals surface area (Å²) in [7, 11) is 0. The summed E-state index contributed by atoms with van der Waals surface area (Å²) < 4.78 is 5.34. The molecule has 0 spiro atoms. The minimum absolute atomic E-state index is 0.0147. The molecule has 8 heteroatoms. The fourth-order valence-corrected chi connectivity index (χ4v) is 3.26. The molecule has 154 valence electrons. The summed E-state index contributed by atoms with van der Waals surface area (Å²) in [6.45, 7) is 2.28. The third-order valence-corrected chi connectivity index (χ3v) is 5.03. The summed E-state index contributed by atoms with van der Waals surface area (Å²) in [6.07, 6.45) is 3.56. The van der Waals surface area contributed by atoms with Crippen LogP contribution in [0.15, 0.2) is 47.1 Å². The van der Waals surface area contributed by atoms with E-state index in [4.69, 9.17) is 16.0 Å². The highest BCUT2D eigenvalue weighted by molar-refractivity contribution is 6.30. The maximum atomic E-state index is 12.8. The number of hydrogen-bond donors (Lipinski definition) is 0. The van der Waals surface area contributed by atoms with Crippen LogP contribution >= 0.6 is 11.6 Å². The molecule has 7 nitrogen and oxygen atoms in total. The second-order valence-electron chi connectivity index (χ2n) is 6.96. The molecule has 1 aromatic carbocycles. The number of furan rings is 1. The quantitative estimate of drug-likeness (QED) is 0.660. The number of halogens is 1. The van der Waals surface area contributed by atoms with Gasteiger partial charge in [-0.05, 0) is 42.8 Å². The Morgan fingerprint density at radius 2 is 1.97 bits per heavy atom. The van der Waals surface area contributed by atoms with Gasteiger partial charge in [-0.25, -0.2) is 0 Å². The van der Waals surface area contributed by atoms with Gasteiger partial charge < -0.3 is 14.2 Å². The minimum atomic E-state index is -0.272. The van der Waals surface area contributed by atoms with Crippen molar-refractivity contribution in [2.45, 2.75) is 32.7 Å². The molecule has 1 aromatic heterocycles. The predicted molar refractivity (Wildman–Crippen MR) is 109 cm³/mol. The van der Waals surface area contributed by atoms with Crippen molar-refractivity contribution in [1.29, 1.82) is 0 Å². The number of benzene rings is 1. The van der Waals surface area contributed by atoms with E-state index in [1.807, 2.05) is 6.92 Å². The van der Waals surface area contributed by atoms with Gasteiger partial charge in [0.1, 0.15) is 25.5 Å². The maximum absolute atomic E-state index is 12.8. The number of anilines is 1. The molecule has 3 amide bonds. The van der Waals surface area contributed by atoms with E-state index in [2.05, 4.69) is 0 Å². The van der Waals surface area contributed by atoms with E-state index < -0.39 is 0 Å². The van der Waals surface area contributed by atoms with Gasteiger partial charge in [0.15, 0.2) is 0 Å². The predicted octanol–water partition coefficient (Wildman–Crippen LogP) is 3.28. The van der Waals surface area contributed by atoms with Gasteiger partial charge in [-0.3, -0.25) is 19.3 Å². The van der Waals surface area contributed by atoms with Crippen molar-refractivity contribution in [3.05, 3.63) is 53.4 Å².